The van der Waals surface area contributed by atoms with Crippen LogP contribution in [0.4, 0.5) is 0 Å². The zero-order chi connectivity index (χ0) is 16.2. The van der Waals surface area contributed by atoms with Crippen molar-refractivity contribution in [1.82, 2.24) is 5.32 Å². The fourth-order valence-corrected chi connectivity index (χ4v) is 3.46. The largest absolute Gasteiger partial charge is 0.496 e. The van der Waals surface area contributed by atoms with Gasteiger partial charge in [0, 0.05) is 11.5 Å². The van der Waals surface area contributed by atoms with Crippen LogP contribution < -0.4 is 15.8 Å². The van der Waals surface area contributed by atoms with E-state index in [1.807, 2.05) is 24.3 Å². The second-order valence-electron chi connectivity index (χ2n) is 6.89. The van der Waals surface area contributed by atoms with Crippen LogP contribution in [-0.2, 0) is 11.2 Å². The number of benzene rings is 1. The average Bonchev–Trinajstić information content (AvgIpc) is 2.95. The Bertz CT molecular complexity index is 514. The predicted molar refractivity (Wildman–Crippen MR) is 88.8 cm³/mol. The second-order valence-corrected chi connectivity index (χ2v) is 6.89. The molecule has 1 aromatic carbocycles. The molecule has 1 aliphatic carbocycles. The van der Waals surface area contributed by atoms with Crippen molar-refractivity contribution in [3.63, 3.8) is 0 Å². The van der Waals surface area contributed by atoms with Crippen molar-refractivity contribution >= 4 is 5.91 Å². The summed E-state index contributed by atoms with van der Waals surface area (Å²) in [7, 11) is 1.68. The number of para-hydroxylation sites is 1. The summed E-state index contributed by atoms with van der Waals surface area (Å²) < 4.78 is 5.40. The smallest absolute Gasteiger partial charge is 0.223 e. The summed E-state index contributed by atoms with van der Waals surface area (Å²) in [6, 6.07) is 7.95. The topological polar surface area (TPSA) is 64.3 Å². The highest BCUT2D eigenvalue weighted by Gasteiger charge is 2.34. The number of carbonyl (C=O) groups excluding carboxylic acids is 1. The summed E-state index contributed by atoms with van der Waals surface area (Å²) in [6.07, 6.45) is 3.87. The molecule has 2 rings (SSSR count). The molecule has 1 amide bonds. The molecule has 22 heavy (non-hydrogen) atoms. The van der Waals surface area contributed by atoms with E-state index < -0.39 is 0 Å². The molecule has 0 spiro atoms. The van der Waals surface area contributed by atoms with Crippen LogP contribution in [0.2, 0.25) is 0 Å². The van der Waals surface area contributed by atoms with Gasteiger partial charge in [-0.2, -0.15) is 0 Å². The van der Waals surface area contributed by atoms with E-state index in [4.69, 9.17) is 10.5 Å². The number of amides is 1. The standard InChI is InChI=1S/C18H28N2O2/c1-18(2,11-13-7-4-5-10-16(13)22-3)20-17(21)15-9-6-8-14(15)12-19/h4-5,7,10,14-15H,6,8-9,11-12,19H2,1-3H3,(H,20,21)/t14-,15-/m1/s1. The van der Waals surface area contributed by atoms with Gasteiger partial charge in [0.2, 0.25) is 5.91 Å². The van der Waals surface area contributed by atoms with E-state index in [0.29, 0.717) is 12.5 Å². The SMILES string of the molecule is COc1ccccc1CC(C)(C)NC(=O)[C@@H]1CCC[C@@H]1CN. The summed E-state index contributed by atoms with van der Waals surface area (Å²) in [5, 5.41) is 3.21. The minimum Gasteiger partial charge on any atom is -0.496 e. The molecule has 0 unspecified atom stereocenters. The third-order valence-electron chi connectivity index (χ3n) is 4.59. The maximum atomic E-state index is 12.6. The average molecular weight is 304 g/mol. The summed E-state index contributed by atoms with van der Waals surface area (Å²) in [5.74, 6) is 1.42. The van der Waals surface area contributed by atoms with Gasteiger partial charge in [-0.25, -0.2) is 0 Å². The Morgan fingerprint density at radius 2 is 2.09 bits per heavy atom. The molecular formula is C18H28N2O2. The van der Waals surface area contributed by atoms with Gasteiger partial charge in [-0.15, -0.1) is 0 Å². The monoisotopic (exact) mass is 304 g/mol. The molecule has 0 aromatic heterocycles. The van der Waals surface area contributed by atoms with Crippen LogP contribution in [0.5, 0.6) is 5.75 Å². The molecule has 1 fully saturated rings. The number of ether oxygens (including phenoxy) is 1. The van der Waals surface area contributed by atoms with Crippen molar-refractivity contribution in [2.24, 2.45) is 17.6 Å². The van der Waals surface area contributed by atoms with Crippen molar-refractivity contribution in [3.05, 3.63) is 29.8 Å². The molecule has 4 heteroatoms. The molecule has 1 saturated carbocycles. The number of methoxy groups -OCH3 is 1. The lowest BCUT2D eigenvalue weighted by Crippen LogP contribution is -2.48. The molecule has 1 aromatic rings. The van der Waals surface area contributed by atoms with Crippen LogP contribution in [0.15, 0.2) is 24.3 Å². The number of hydrogen-bond acceptors (Lipinski definition) is 3. The molecule has 4 nitrogen and oxygen atoms in total. The Morgan fingerprint density at radius 3 is 2.77 bits per heavy atom. The third-order valence-corrected chi connectivity index (χ3v) is 4.59. The van der Waals surface area contributed by atoms with E-state index in [0.717, 1.165) is 37.0 Å². The van der Waals surface area contributed by atoms with Crippen LogP contribution in [0.3, 0.4) is 0 Å². The molecule has 0 bridgehead atoms. The van der Waals surface area contributed by atoms with Gasteiger partial charge in [-0.3, -0.25) is 4.79 Å². The first-order valence-electron chi connectivity index (χ1n) is 8.11. The molecule has 3 N–H and O–H groups in total. The lowest BCUT2D eigenvalue weighted by molar-refractivity contribution is -0.127. The van der Waals surface area contributed by atoms with Gasteiger partial charge in [-0.05, 0) is 57.2 Å². The van der Waals surface area contributed by atoms with Crippen molar-refractivity contribution in [1.29, 1.82) is 0 Å². The fraction of sp³-hybridized carbons (Fsp3) is 0.611. The summed E-state index contributed by atoms with van der Waals surface area (Å²) >= 11 is 0. The van der Waals surface area contributed by atoms with Gasteiger partial charge in [0.1, 0.15) is 5.75 Å². The van der Waals surface area contributed by atoms with Crippen molar-refractivity contribution in [3.8, 4) is 5.75 Å². The Kier molecular flexibility index (Phi) is 5.46. The summed E-state index contributed by atoms with van der Waals surface area (Å²) in [4.78, 5) is 12.6. The van der Waals surface area contributed by atoms with Gasteiger partial charge in [0.05, 0.1) is 7.11 Å². The molecule has 0 radical (unpaired) electrons. The number of hydrogen-bond donors (Lipinski definition) is 2. The van der Waals surface area contributed by atoms with E-state index >= 15 is 0 Å². The number of carbonyl (C=O) groups is 1. The highest BCUT2D eigenvalue weighted by Crippen LogP contribution is 2.32. The van der Waals surface area contributed by atoms with E-state index in [2.05, 4.69) is 19.2 Å². The Morgan fingerprint density at radius 1 is 1.36 bits per heavy atom. The number of nitrogens with two attached hydrogens (primary N) is 1. The predicted octanol–water partition coefficient (Wildman–Crippen LogP) is 2.51. The van der Waals surface area contributed by atoms with Crippen molar-refractivity contribution in [2.45, 2.75) is 45.1 Å². The normalized spacial score (nSPS) is 21.6. The summed E-state index contributed by atoms with van der Waals surface area (Å²) in [5.41, 5.74) is 6.59. The lowest BCUT2D eigenvalue weighted by Gasteiger charge is -2.30. The number of rotatable bonds is 6. The van der Waals surface area contributed by atoms with Crippen LogP contribution in [0, 0.1) is 11.8 Å². The quantitative estimate of drug-likeness (QED) is 0.849. The Balaban J connectivity index is 2.02. The van der Waals surface area contributed by atoms with Gasteiger partial charge in [-0.1, -0.05) is 24.6 Å². The molecule has 2 atom stereocenters. The highest BCUT2D eigenvalue weighted by molar-refractivity contribution is 5.80. The summed E-state index contributed by atoms with van der Waals surface area (Å²) in [6.45, 7) is 4.72. The van der Waals surface area contributed by atoms with E-state index in [9.17, 15) is 4.79 Å². The molecular weight excluding hydrogens is 276 g/mol. The minimum absolute atomic E-state index is 0.0712. The van der Waals surface area contributed by atoms with Gasteiger partial charge in [0.15, 0.2) is 0 Å². The van der Waals surface area contributed by atoms with E-state index in [-0.39, 0.29) is 17.4 Å². The molecule has 0 heterocycles. The fourth-order valence-electron chi connectivity index (χ4n) is 3.46. The van der Waals surface area contributed by atoms with Crippen LogP contribution in [-0.4, -0.2) is 25.1 Å². The first-order chi connectivity index (χ1) is 10.5. The van der Waals surface area contributed by atoms with E-state index in [1.54, 1.807) is 7.11 Å². The minimum atomic E-state index is -0.312. The zero-order valence-corrected chi connectivity index (χ0v) is 13.9. The molecule has 0 saturated heterocycles. The molecule has 0 aliphatic heterocycles. The highest BCUT2D eigenvalue weighted by atomic mass is 16.5. The van der Waals surface area contributed by atoms with Crippen LogP contribution in [0.1, 0.15) is 38.7 Å². The maximum absolute atomic E-state index is 12.6. The number of nitrogens with one attached hydrogen (secondary N) is 1. The molecule has 1 aliphatic rings. The van der Waals surface area contributed by atoms with Crippen molar-refractivity contribution in [2.75, 3.05) is 13.7 Å². The second kappa shape index (κ2) is 7.14. The van der Waals surface area contributed by atoms with E-state index in [1.165, 1.54) is 0 Å². The van der Waals surface area contributed by atoms with Gasteiger partial charge >= 0.3 is 0 Å². The van der Waals surface area contributed by atoms with Gasteiger partial charge in [0.25, 0.3) is 0 Å². The zero-order valence-electron chi connectivity index (χ0n) is 13.9. The molecule has 122 valence electrons. The van der Waals surface area contributed by atoms with Gasteiger partial charge < -0.3 is 15.8 Å². The van der Waals surface area contributed by atoms with Crippen molar-refractivity contribution < 1.29 is 9.53 Å². The first kappa shape index (κ1) is 16.8. The Hall–Kier alpha value is -1.55. The van der Waals surface area contributed by atoms with Crippen LogP contribution in [0.25, 0.3) is 0 Å². The first-order valence-corrected chi connectivity index (χ1v) is 8.11. The maximum Gasteiger partial charge on any atom is 0.223 e. The third kappa shape index (κ3) is 4.01. The van der Waals surface area contributed by atoms with Crippen LogP contribution >= 0.6 is 0 Å². The lowest BCUT2D eigenvalue weighted by atomic mass is 9.90. The Labute approximate surface area is 133 Å².